The minimum atomic E-state index is 1.09. The van der Waals surface area contributed by atoms with E-state index < -0.39 is 0 Å². The van der Waals surface area contributed by atoms with Gasteiger partial charge >= 0.3 is 0 Å². The number of aromatic amines is 1. The van der Waals surface area contributed by atoms with E-state index in [4.69, 9.17) is 0 Å². The Kier molecular flexibility index (Phi) is 3.02. The SMILES string of the molecule is CCC=C(C)c1ccc(-c2cn[nH]c2)s1. The third-order valence-corrected chi connectivity index (χ3v) is 3.56. The lowest BCUT2D eigenvalue weighted by molar-refractivity contribution is 1.09. The van der Waals surface area contributed by atoms with Crippen molar-refractivity contribution in [3.05, 3.63) is 35.5 Å². The van der Waals surface area contributed by atoms with Gasteiger partial charge in [-0.15, -0.1) is 11.3 Å². The predicted octanol–water partition coefficient (Wildman–Crippen LogP) is 3.95. The summed E-state index contributed by atoms with van der Waals surface area (Å²) >= 11 is 1.81. The Balaban J connectivity index is 2.29. The maximum Gasteiger partial charge on any atom is 0.0573 e. The molecule has 2 rings (SSSR count). The Morgan fingerprint density at radius 2 is 2.40 bits per heavy atom. The zero-order chi connectivity index (χ0) is 10.7. The van der Waals surface area contributed by atoms with Crippen molar-refractivity contribution in [1.29, 1.82) is 0 Å². The monoisotopic (exact) mass is 218 g/mol. The van der Waals surface area contributed by atoms with Gasteiger partial charge < -0.3 is 0 Å². The van der Waals surface area contributed by atoms with Gasteiger partial charge in [-0.05, 0) is 31.1 Å². The first-order chi connectivity index (χ1) is 7.31. The lowest BCUT2D eigenvalue weighted by atomic mass is 10.2. The number of aromatic nitrogens is 2. The van der Waals surface area contributed by atoms with Crippen LogP contribution in [-0.2, 0) is 0 Å². The van der Waals surface area contributed by atoms with Gasteiger partial charge in [0.25, 0.3) is 0 Å². The van der Waals surface area contributed by atoms with E-state index in [1.165, 1.54) is 15.3 Å². The fourth-order valence-corrected chi connectivity index (χ4v) is 2.48. The molecule has 0 spiro atoms. The molecule has 3 heteroatoms. The molecular weight excluding hydrogens is 204 g/mol. The molecule has 1 N–H and O–H groups in total. The van der Waals surface area contributed by atoms with Crippen LogP contribution in [0.15, 0.2) is 30.6 Å². The van der Waals surface area contributed by atoms with E-state index in [9.17, 15) is 0 Å². The second-order valence-electron chi connectivity index (χ2n) is 3.45. The molecule has 15 heavy (non-hydrogen) atoms. The number of rotatable bonds is 3. The van der Waals surface area contributed by atoms with Crippen LogP contribution in [0, 0.1) is 0 Å². The van der Waals surface area contributed by atoms with Gasteiger partial charge in [-0.2, -0.15) is 5.10 Å². The summed E-state index contributed by atoms with van der Waals surface area (Å²) < 4.78 is 0. The fraction of sp³-hybridized carbons (Fsp3) is 0.250. The van der Waals surface area contributed by atoms with E-state index in [-0.39, 0.29) is 0 Å². The molecule has 2 heterocycles. The van der Waals surface area contributed by atoms with Gasteiger partial charge in [-0.25, -0.2) is 0 Å². The van der Waals surface area contributed by atoms with Crippen molar-refractivity contribution >= 4 is 16.9 Å². The number of thiophene rings is 1. The Labute approximate surface area is 93.7 Å². The van der Waals surface area contributed by atoms with Crippen LogP contribution in [0.4, 0.5) is 0 Å². The summed E-state index contributed by atoms with van der Waals surface area (Å²) in [6.45, 7) is 4.32. The topological polar surface area (TPSA) is 28.7 Å². The summed E-state index contributed by atoms with van der Waals surface area (Å²) in [4.78, 5) is 2.61. The predicted molar refractivity (Wildman–Crippen MR) is 65.8 cm³/mol. The van der Waals surface area contributed by atoms with Crippen LogP contribution in [0.1, 0.15) is 25.1 Å². The summed E-state index contributed by atoms with van der Waals surface area (Å²) in [5, 5.41) is 6.79. The van der Waals surface area contributed by atoms with E-state index in [1.54, 1.807) is 0 Å². The highest BCUT2D eigenvalue weighted by molar-refractivity contribution is 7.16. The van der Waals surface area contributed by atoms with E-state index in [0.29, 0.717) is 0 Å². The molecule has 2 aromatic heterocycles. The van der Waals surface area contributed by atoms with Crippen molar-refractivity contribution in [1.82, 2.24) is 10.2 Å². The van der Waals surface area contributed by atoms with Crippen molar-refractivity contribution in [2.45, 2.75) is 20.3 Å². The molecule has 0 saturated carbocycles. The first kappa shape index (κ1) is 10.2. The standard InChI is InChI=1S/C12H14N2S/c1-3-4-9(2)11-5-6-12(15-11)10-7-13-14-8-10/h4-8H,3H2,1-2H3,(H,13,14). The highest BCUT2D eigenvalue weighted by Crippen LogP contribution is 2.31. The molecule has 0 saturated heterocycles. The molecule has 0 aromatic carbocycles. The second kappa shape index (κ2) is 4.45. The van der Waals surface area contributed by atoms with Crippen LogP contribution in [0.5, 0.6) is 0 Å². The summed E-state index contributed by atoms with van der Waals surface area (Å²) in [6, 6.07) is 4.33. The third-order valence-electron chi connectivity index (χ3n) is 2.29. The van der Waals surface area contributed by atoms with Crippen molar-refractivity contribution in [3.8, 4) is 10.4 Å². The Morgan fingerprint density at radius 1 is 1.53 bits per heavy atom. The molecule has 0 unspecified atom stereocenters. The molecule has 0 bridgehead atoms. The lowest BCUT2D eigenvalue weighted by Gasteiger charge is -1.94. The van der Waals surface area contributed by atoms with Gasteiger partial charge in [0.2, 0.25) is 0 Å². The molecule has 2 aromatic rings. The van der Waals surface area contributed by atoms with Crippen LogP contribution in [0.2, 0.25) is 0 Å². The van der Waals surface area contributed by atoms with Crippen molar-refractivity contribution < 1.29 is 0 Å². The van der Waals surface area contributed by atoms with Gasteiger partial charge in [-0.3, -0.25) is 5.10 Å². The first-order valence-electron chi connectivity index (χ1n) is 5.07. The van der Waals surface area contributed by atoms with Gasteiger partial charge in [0.1, 0.15) is 0 Å². The average molecular weight is 218 g/mol. The van der Waals surface area contributed by atoms with E-state index in [1.807, 2.05) is 23.7 Å². The molecule has 0 aliphatic rings. The number of nitrogens with one attached hydrogen (secondary N) is 1. The second-order valence-corrected chi connectivity index (χ2v) is 4.53. The summed E-state index contributed by atoms with van der Waals surface area (Å²) in [5.41, 5.74) is 2.52. The van der Waals surface area contributed by atoms with Crippen molar-refractivity contribution in [3.63, 3.8) is 0 Å². The number of allylic oxidation sites excluding steroid dienone is 2. The van der Waals surface area contributed by atoms with Gasteiger partial charge in [0.05, 0.1) is 6.20 Å². The number of nitrogens with zero attached hydrogens (tertiary/aromatic N) is 1. The van der Waals surface area contributed by atoms with Gasteiger partial charge in [0, 0.05) is 21.5 Å². The minimum absolute atomic E-state index is 1.09. The summed E-state index contributed by atoms with van der Waals surface area (Å²) in [6.07, 6.45) is 7.12. The van der Waals surface area contributed by atoms with Crippen LogP contribution in [0.3, 0.4) is 0 Å². The molecule has 0 aliphatic heterocycles. The van der Waals surface area contributed by atoms with E-state index >= 15 is 0 Å². The van der Waals surface area contributed by atoms with Crippen LogP contribution in [0.25, 0.3) is 16.0 Å². The van der Waals surface area contributed by atoms with Crippen molar-refractivity contribution in [2.75, 3.05) is 0 Å². The van der Waals surface area contributed by atoms with Gasteiger partial charge in [-0.1, -0.05) is 13.0 Å². The Bertz CT molecular complexity index is 452. The van der Waals surface area contributed by atoms with E-state index in [0.717, 1.165) is 12.0 Å². The molecule has 0 radical (unpaired) electrons. The quantitative estimate of drug-likeness (QED) is 0.830. The normalized spacial score (nSPS) is 12.0. The molecule has 0 atom stereocenters. The Morgan fingerprint density at radius 3 is 3.07 bits per heavy atom. The lowest BCUT2D eigenvalue weighted by Crippen LogP contribution is -1.69. The molecular formula is C12H14N2S. The largest absolute Gasteiger partial charge is 0.285 e. The third kappa shape index (κ3) is 2.18. The molecule has 0 aliphatic carbocycles. The number of H-pyrrole nitrogens is 1. The maximum atomic E-state index is 3.96. The first-order valence-corrected chi connectivity index (χ1v) is 5.89. The number of hydrogen-bond acceptors (Lipinski definition) is 2. The average Bonchev–Trinajstić information content (AvgIpc) is 2.89. The highest BCUT2D eigenvalue weighted by atomic mass is 32.1. The number of hydrogen-bond donors (Lipinski definition) is 1. The van der Waals surface area contributed by atoms with Crippen LogP contribution < -0.4 is 0 Å². The van der Waals surface area contributed by atoms with Gasteiger partial charge in [0.15, 0.2) is 0 Å². The fourth-order valence-electron chi connectivity index (χ4n) is 1.50. The molecule has 78 valence electrons. The van der Waals surface area contributed by atoms with Crippen LogP contribution >= 0.6 is 11.3 Å². The Hall–Kier alpha value is -1.35. The molecule has 0 fully saturated rings. The summed E-state index contributed by atoms with van der Waals surface area (Å²) in [5.74, 6) is 0. The summed E-state index contributed by atoms with van der Waals surface area (Å²) in [7, 11) is 0. The molecule has 0 amide bonds. The zero-order valence-corrected chi connectivity index (χ0v) is 9.77. The minimum Gasteiger partial charge on any atom is -0.285 e. The van der Waals surface area contributed by atoms with Crippen LogP contribution in [-0.4, -0.2) is 10.2 Å². The molecule has 2 nitrogen and oxygen atoms in total. The highest BCUT2D eigenvalue weighted by Gasteiger charge is 2.04. The zero-order valence-electron chi connectivity index (χ0n) is 8.95. The maximum absolute atomic E-state index is 3.96. The smallest absolute Gasteiger partial charge is 0.0573 e. The van der Waals surface area contributed by atoms with Crippen molar-refractivity contribution in [2.24, 2.45) is 0 Å². The van der Waals surface area contributed by atoms with E-state index in [2.05, 4.69) is 42.3 Å².